The fraction of sp³-hybridized carbons (Fsp3) is 0.312. The van der Waals surface area contributed by atoms with Gasteiger partial charge < -0.3 is 0 Å². The minimum atomic E-state index is -0.462. The van der Waals surface area contributed by atoms with Crippen LogP contribution < -0.4 is 10.9 Å². The molecule has 0 saturated carbocycles. The first-order valence-electron chi connectivity index (χ1n) is 7.17. The molecule has 0 fully saturated rings. The fourth-order valence-electron chi connectivity index (χ4n) is 2.49. The molecule has 0 spiro atoms. The van der Waals surface area contributed by atoms with Gasteiger partial charge in [0.15, 0.2) is 0 Å². The van der Waals surface area contributed by atoms with E-state index >= 15 is 0 Å². The molecule has 1 aromatic carbocycles. The van der Waals surface area contributed by atoms with E-state index in [1.165, 1.54) is 0 Å². The molecule has 0 radical (unpaired) electrons. The van der Waals surface area contributed by atoms with Crippen LogP contribution in [0.3, 0.4) is 0 Å². The first kappa shape index (κ1) is 17.0. The van der Waals surface area contributed by atoms with E-state index in [0.717, 1.165) is 17.0 Å². The van der Waals surface area contributed by atoms with Crippen molar-refractivity contribution in [2.45, 2.75) is 26.7 Å². The predicted octanol–water partition coefficient (Wildman–Crippen LogP) is 2.26. The van der Waals surface area contributed by atoms with Gasteiger partial charge in [-0.3, -0.25) is 25.1 Å². The van der Waals surface area contributed by atoms with Gasteiger partial charge in [0.1, 0.15) is 0 Å². The van der Waals surface area contributed by atoms with Gasteiger partial charge in [-0.2, -0.15) is 5.10 Å². The molecule has 0 bridgehead atoms. The molecular formula is C16H19ClN4O2. The summed E-state index contributed by atoms with van der Waals surface area (Å²) in [7, 11) is 1.83. The Hall–Kier alpha value is -2.34. The molecule has 2 aromatic rings. The van der Waals surface area contributed by atoms with Crippen molar-refractivity contribution in [3.05, 3.63) is 51.8 Å². The molecule has 2 amide bonds. The molecular weight excluding hydrogens is 316 g/mol. The Bertz CT molecular complexity index is 755. The van der Waals surface area contributed by atoms with E-state index in [0.29, 0.717) is 10.6 Å². The fourth-order valence-corrected chi connectivity index (χ4v) is 2.71. The van der Waals surface area contributed by atoms with E-state index in [1.807, 2.05) is 20.9 Å². The number of halogens is 1. The number of nitrogens with zero attached hydrogens (tertiary/aromatic N) is 2. The Morgan fingerprint density at radius 3 is 2.43 bits per heavy atom. The van der Waals surface area contributed by atoms with Gasteiger partial charge in [-0.05, 0) is 32.9 Å². The van der Waals surface area contributed by atoms with E-state index in [1.54, 1.807) is 35.9 Å². The van der Waals surface area contributed by atoms with Gasteiger partial charge in [-0.1, -0.05) is 23.7 Å². The number of nitrogens with one attached hydrogen (secondary N) is 2. The molecule has 0 aliphatic carbocycles. The van der Waals surface area contributed by atoms with E-state index in [4.69, 9.17) is 11.6 Å². The zero-order chi connectivity index (χ0) is 17.1. The molecule has 0 saturated heterocycles. The van der Waals surface area contributed by atoms with Crippen molar-refractivity contribution in [3.63, 3.8) is 0 Å². The average molecular weight is 335 g/mol. The number of amides is 2. The number of hydrogen-bond acceptors (Lipinski definition) is 3. The van der Waals surface area contributed by atoms with Gasteiger partial charge in [-0.25, -0.2) is 0 Å². The molecule has 6 nitrogen and oxygen atoms in total. The average Bonchev–Trinajstić information content (AvgIpc) is 2.77. The molecule has 0 aliphatic rings. The van der Waals surface area contributed by atoms with Gasteiger partial charge >= 0.3 is 0 Å². The van der Waals surface area contributed by atoms with E-state index in [9.17, 15) is 9.59 Å². The zero-order valence-corrected chi connectivity index (χ0v) is 14.2. The quantitative estimate of drug-likeness (QED) is 0.845. The van der Waals surface area contributed by atoms with Crippen LogP contribution in [0.2, 0.25) is 5.02 Å². The lowest BCUT2D eigenvalue weighted by atomic mass is 9.98. The summed E-state index contributed by atoms with van der Waals surface area (Å²) in [6.45, 7) is 5.53. The van der Waals surface area contributed by atoms with E-state index in [2.05, 4.69) is 16.0 Å². The van der Waals surface area contributed by atoms with Crippen molar-refractivity contribution in [2.24, 2.45) is 7.05 Å². The van der Waals surface area contributed by atoms with Gasteiger partial charge in [0.05, 0.1) is 22.2 Å². The van der Waals surface area contributed by atoms with Crippen molar-refractivity contribution in [1.82, 2.24) is 20.6 Å². The number of rotatable bonds is 3. The molecule has 122 valence electrons. The third kappa shape index (κ3) is 3.53. The van der Waals surface area contributed by atoms with Crippen LogP contribution in [0.15, 0.2) is 24.3 Å². The number of carbonyl (C=O) groups is 2. The minimum Gasteiger partial charge on any atom is -0.273 e. The summed E-state index contributed by atoms with van der Waals surface area (Å²) in [6, 6.07) is 6.63. The third-order valence-electron chi connectivity index (χ3n) is 3.81. The zero-order valence-electron chi connectivity index (χ0n) is 13.5. The van der Waals surface area contributed by atoms with Gasteiger partial charge in [0.25, 0.3) is 5.91 Å². The molecule has 2 N–H and O–H groups in total. The Kier molecular flexibility index (Phi) is 5.05. The highest BCUT2D eigenvalue weighted by Crippen LogP contribution is 2.22. The van der Waals surface area contributed by atoms with Crippen molar-refractivity contribution in [3.8, 4) is 0 Å². The van der Waals surface area contributed by atoms with Crippen LogP contribution in [0.25, 0.3) is 0 Å². The Morgan fingerprint density at radius 2 is 1.87 bits per heavy atom. The first-order chi connectivity index (χ1) is 10.8. The monoisotopic (exact) mass is 334 g/mol. The van der Waals surface area contributed by atoms with Gasteiger partial charge in [0, 0.05) is 18.3 Å². The molecule has 7 heteroatoms. The molecule has 23 heavy (non-hydrogen) atoms. The highest BCUT2D eigenvalue weighted by atomic mass is 35.5. The number of aryl methyl sites for hydroxylation is 2. The maximum atomic E-state index is 12.3. The predicted molar refractivity (Wildman–Crippen MR) is 88.2 cm³/mol. The van der Waals surface area contributed by atoms with Crippen LogP contribution in [0.1, 0.15) is 40.2 Å². The van der Waals surface area contributed by atoms with Crippen molar-refractivity contribution in [1.29, 1.82) is 0 Å². The van der Waals surface area contributed by atoms with Crippen LogP contribution in [-0.2, 0) is 11.8 Å². The van der Waals surface area contributed by atoms with Crippen molar-refractivity contribution in [2.75, 3.05) is 0 Å². The number of aromatic nitrogens is 2. The van der Waals surface area contributed by atoms with Gasteiger partial charge in [-0.15, -0.1) is 0 Å². The summed E-state index contributed by atoms with van der Waals surface area (Å²) >= 11 is 5.95. The summed E-state index contributed by atoms with van der Waals surface area (Å²) < 4.78 is 1.73. The first-order valence-corrected chi connectivity index (χ1v) is 7.55. The highest BCUT2D eigenvalue weighted by Gasteiger charge is 2.23. The Labute approximate surface area is 139 Å². The maximum Gasteiger partial charge on any atom is 0.271 e. The molecule has 1 heterocycles. The van der Waals surface area contributed by atoms with Gasteiger partial charge in [0.2, 0.25) is 5.91 Å². The molecule has 2 rings (SSSR count). The smallest absolute Gasteiger partial charge is 0.271 e. The highest BCUT2D eigenvalue weighted by molar-refractivity contribution is 6.33. The summed E-state index contributed by atoms with van der Waals surface area (Å²) in [4.78, 5) is 24.3. The lowest BCUT2D eigenvalue weighted by Crippen LogP contribution is -2.43. The second-order valence-corrected chi connectivity index (χ2v) is 5.76. The van der Waals surface area contributed by atoms with Crippen molar-refractivity contribution >= 4 is 23.4 Å². The molecule has 1 atom stereocenters. The Morgan fingerprint density at radius 1 is 1.22 bits per heavy atom. The van der Waals surface area contributed by atoms with E-state index < -0.39 is 11.8 Å². The number of hydrazine groups is 1. The summed E-state index contributed by atoms with van der Waals surface area (Å²) in [5.41, 5.74) is 7.70. The second kappa shape index (κ2) is 6.83. The molecule has 1 aromatic heterocycles. The van der Waals surface area contributed by atoms with E-state index in [-0.39, 0.29) is 5.91 Å². The van der Waals surface area contributed by atoms with Crippen LogP contribution in [-0.4, -0.2) is 21.6 Å². The second-order valence-electron chi connectivity index (χ2n) is 5.35. The topological polar surface area (TPSA) is 76.0 Å². The van der Waals surface area contributed by atoms with Crippen molar-refractivity contribution < 1.29 is 9.59 Å². The largest absolute Gasteiger partial charge is 0.273 e. The lowest BCUT2D eigenvalue weighted by Gasteiger charge is -2.14. The Balaban J connectivity index is 2.05. The van der Waals surface area contributed by atoms with Crippen LogP contribution in [0, 0.1) is 13.8 Å². The number of hydrogen-bond donors (Lipinski definition) is 2. The summed E-state index contributed by atoms with van der Waals surface area (Å²) in [5, 5.41) is 4.63. The lowest BCUT2D eigenvalue weighted by molar-refractivity contribution is -0.123. The number of benzene rings is 1. The van der Waals surface area contributed by atoms with Crippen LogP contribution in [0.4, 0.5) is 0 Å². The number of carbonyl (C=O) groups excluding carboxylic acids is 2. The standard InChI is InChI=1S/C16H19ClN4O2/c1-9(14-10(2)20-21(4)11(14)3)15(22)18-19-16(23)12-7-5-6-8-13(12)17/h5-9H,1-4H3,(H,18,22)(H,19,23). The maximum absolute atomic E-state index is 12.3. The third-order valence-corrected chi connectivity index (χ3v) is 4.14. The SMILES string of the molecule is Cc1nn(C)c(C)c1C(C)C(=O)NNC(=O)c1ccccc1Cl. The van der Waals surface area contributed by atoms with Crippen LogP contribution in [0.5, 0.6) is 0 Å². The normalized spacial score (nSPS) is 11.9. The summed E-state index contributed by atoms with van der Waals surface area (Å²) in [5.74, 6) is -1.21. The minimum absolute atomic E-state index is 0.302. The molecule has 0 aliphatic heterocycles. The molecule has 1 unspecified atom stereocenters. The van der Waals surface area contributed by atoms with Crippen LogP contribution >= 0.6 is 11.6 Å². The summed E-state index contributed by atoms with van der Waals surface area (Å²) in [6.07, 6.45) is 0.